The van der Waals surface area contributed by atoms with Gasteiger partial charge in [0.1, 0.15) is 0 Å². The van der Waals surface area contributed by atoms with Gasteiger partial charge < -0.3 is 11.2 Å². The maximum absolute atomic E-state index is 11.0. The third kappa shape index (κ3) is 1.08. The monoisotopic (exact) mass is 191 g/mol. The molecule has 0 atom stereocenters. The number of hydrogen-bond donors (Lipinski definition) is 2. The van der Waals surface area contributed by atoms with E-state index in [2.05, 4.69) is 15.5 Å². The van der Waals surface area contributed by atoms with Crippen LogP contribution < -0.4 is 11.2 Å². The summed E-state index contributed by atoms with van der Waals surface area (Å²) < 4.78 is 0. The second-order valence-corrected chi connectivity index (χ2v) is 2.74. The Balaban J connectivity index is 2.80. The Kier molecular flexibility index (Phi) is 1.81. The highest BCUT2D eigenvalue weighted by molar-refractivity contribution is 6.03. The van der Waals surface area contributed by atoms with Crippen molar-refractivity contribution in [2.45, 2.75) is 0 Å². The van der Waals surface area contributed by atoms with Crippen LogP contribution in [0.4, 0.5) is 0 Å². The molecule has 0 unspecified atom stereocenters. The zero-order valence-corrected chi connectivity index (χ0v) is 7.56. The van der Waals surface area contributed by atoms with Crippen molar-refractivity contribution in [1.82, 2.24) is 14.9 Å². The summed E-state index contributed by atoms with van der Waals surface area (Å²) in [6.45, 7) is 0. The molecule has 2 aromatic rings. The van der Waals surface area contributed by atoms with Crippen LogP contribution in [0, 0.1) is 0 Å². The van der Waals surface area contributed by atoms with Crippen LogP contribution in [0.5, 0.6) is 0 Å². The molecule has 0 saturated carbocycles. The molecule has 6 heteroatoms. The van der Waals surface area contributed by atoms with Crippen molar-refractivity contribution in [1.29, 1.82) is 0 Å². The first-order valence-corrected chi connectivity index (χ1v) is 4.04. The van der Waals surface area contributed by atoms with E-state index < -0.39 is 5.91 Å². The standard InChI is InChI=1S/C8H9N5O/c1-10-13-6-2-3-11-4-5(6)7(12-13)8(9)14/h2-4,10H,1H3,(H2,9,14). The summed E-state index contributed by atoms with van der Waals surface area (Å²) >= 11 is 0. The van der Waals surface area contributed by atoms with Gasteiger partial charge in [0.2, 0.25) is 0 Å². The van der Waals surface area contributed by atoms with E-state index in [1.165, 1.54) is 4.79 Å². The number of nitrogens with two attached hydrogens (primary N) is 1. The molecule has 0 aromatic carbocycles. The van der Waals surface area contributed by atoms with Crippen LogP contribution in [0.2, 0.25) is 0 Å². The van der Waals surface area contributed by atoms with Crippen molar-refractivity contribution in [2.75, 3.05) is 12.5 Å². The zero-order valence-electron chi connectivity index (χ0n) is 7.56. The minimum Gasteiger partial charge on any atom is -0.364 e. The molecule has 0 spiro atoms. The fraction of sp³-hybridized carbons (Fsp3) is 0.125. The van der Waals surface area contributed by atoms with E-state index in [4.69, 9.17) is 5.73 Å². The first-order valence-electron chi connectivity index (χ1n) is 4.04. The molecule has 2 heterocycles. The maximum Gasteiger partial charge on any atom is 0.269 e. The molecule has 6 nitrogen and oxygen atoms in total. The van der Waals surface area contributed by atoms with Gasteiger partial charge >= 0.3 is 0 Å². The number of primary amides is 1. The van der Waals surface area contributed by atoms with Crippen LogP contribution in [0.25, 0.3) is 10.9 Å². The fourth-order valence-electron chi connectivity index (χ4n) is 1.31. The Bertz CT molecular complexity index is 489. The topological polar surface area (TPSA) is 85.8 Å². The van der Waals surface area contributed by atoms with Gasteiger partial charge in [-0.3, -0.25) is 9.78 Å². The number of hydrogen-bond acceptors (Lipinski definition) is 4. The Morgan fingerprint density at radius 2 is 2.43 bits per heavy atom. The number of pyridine rings is 1. The highest BCUT2D eigenvalue weighted by Gasteiger charge is 2.13. The van der Waals surface area contributed by atoms with Crippen LogP contribution in [-0.2, 0) is 0 Å². The predicted octanol–water partition coefficient (Wildman–Crippen LogP) is -0.296. The summed E-state index contributed by atoms with van der Waals surface area (Å²) in [5.74, 6) is -0.558. The molecular formula is C8H9N5O. The largest absolute Gasteiger partial charge is 0.364 e. The number of aromatic nitrogens is 3. The Hall–Kier alpha value is -2.11. The van der Waals surface area contributed by atoms with Gasteiger partial charge in [0.05, 0.1) is 10.9 Å². The van der Waals surface area contributed by atoms with Crippen LogP contribution in [0.3, 0.4) is 0 Å². The molecule has 0 radical (unpaired) electrons. The molecule has 3 N–H and O–H groups in total. The minimum absolute atomic E-state index is 0.224. The molecule has 2 aromatic heterocycles. The molecule has 0 bridgehead atoms. The van der Waals surface area contributed by atoms with Crippen LogP contribution in [-0.4, -0.2) is 27.8 Å². The summed E-state index contributed by atoms with van der Waals surface area (Å²) in [4.78, 5) is 16.4. The van der Waals surface area contributed by atoms with E-state index in [1.54, 1.807) is 25.5 Å². The number of nitrogens with one attached hydrogen (secondary N) is 1. The van der Waals surface area contributed by atoms with Gasteiger partial charge in [-0.2, -0.15) is 4.79 Å². The zero-order chi connectivity index (χ0) is 10.1. The SMILES string of the molecule is CNn1nc(C(N)=O)c2cnccc21. The Labute approximate surface area is 79.7 Å². The maximum atomic E-state index is 11.0. The number of fused-ring (bicyclic) bond motifs is 1. The Morgan fingerprint density at radius 1 is 1.64 bits per heavy atom. The molecule has 1 amide bonds. The van der Waals surface area contributed by atoms with Crippen LogP contribution >= 0.6 is 0 Å². The fourth-order valence-corrected chi connectivity index (χ4v) is 1.31. The summed E-state index contributed by atoms with van der Waals surface area (Å²) in [5, 5.41) is 4.65. The van der Waals surface area contributed by atoms with Gasteiger partial charge in [-0.25, -0.2) is 0 Å². The molecule has 2 rings (SSSR count). The quantitative estimate of drug-likeness (QED) is 0.682. The van der Waals surface area contributed by atoms with Gasteiger partial charge in [-0.15, -0.1) is 5.10 Å². The number of carbonyl (C=O) groups excluding carboxylic acids is 1. The summed E-state index contributed by atoms with van der Waals surface area (Å²) in [6, 6.07) is 1.76. The summed E-state index contributed by atoms with van der Waals surface area (Å²) in [6.07, 6.45) is 3.19. The van der Waals surface area contributed by atoms with E-state index in [0.29, 0.717) is 5.39 Å². The highest BCUT2D eigenvalue weighted by Crippen LogP contribution is 2.15. The average molecular weight is 191 g/mol. The van der Waals surface area contributed by atoms with Crippen molar-refractivity contribution in [2.24, 2.45) is 5.73 Å². The van der Waals surface area contributed by atoms with Gasteiger partial charge in [0.25, 0.3) is 5.91 Å². The number of carbonyl (C=O) groups is 1. The van der Waals surface area contributed by atoms with E-state index in [0.717, 1.165) is 5.52 Å². The van der Waals surface area contributed by atoms with E-state index in [-0.39, 0.29) is 5.69 Å². The van der Waals surface area contributed by atoms with Crippen molar-refractivity contribution in [3.05, 3.63) is 24.2 Å². The van der Waals surface area contributed by atoms with E-state index >= 15 is 0 Å². The molecule has 72 valence electrons. The summed E-state index contributed by atoms with van der Waals surface area (Å²) in [7, 11) is 1.71. The highest BCUT2D eigenvalue weighted by atomic mass is 16.1. The molecule has 0 fully saturated rings. The molecule has 0 aliphatic heterocycles. The lowest BCUT2D eigenvalue weighted by atomic mass is 10.2. The number of amides is 1. The van der Waals surface area contributed by atoms with E-state index in [1.807, 2.05) is 0 Å². The van der Waals surface area contributed by atoms with Gasteiger partial charge in [0, 0.05) is 19.4 Å². The van der Waals surface area contributed by atoms with Crippen molar-refractivity contribution >= 4 is 16.8 Å². The number of rotatable bonds is 2. The van der Waals surface area contributed by atoms with Crippen molar-refractivity contribution < 1.29 is 4.79 Å². The van der Waals surface area contributed by atoms with Crippen molar-refractivity contribution in [3.8, 4) is 0 Å². The molecule has 14 heavy (non-hydrogen) atoms. The predicted molar refractivity (Wildman–Crippen MR) is 51.3 cm³/mol. The van der Waals surface area contributed by atoms with Gasteiger partial charge in [-0.1, -0.05) is 0 Å². The lowest BCUT2D eigenvalue weighted by Crippen LogP contribution is -2.15. The first-order chi connectivity index (χ1) is 6.74. The second-order valence-electron chi connectivity index (χ2n) is 2.74. The third-order valence-corrected chi connectivity index (χ3v) is 1.93. The normalized spacial score (nSPS) is 10.4. The second kappa shape index (κ2) is 2.99. The lowest BCUT2D eigenvalue weighted by Gasteiger charge is -1.98. The van der Waals surface area contributed by atoms with Crippen molar-refractivity contribution in [3.63, 3.8) is 0 Å². The van der Waals surface area contributed by atoms with Gasteiger partial charge in [-0.05, 0) is 6.07 Å². The average Bonchev–Trinajstić information content (AvgIpc) is 2.56. The number of nitrogens with zero attached hydrogens (tertiary/aromatic N) is 3. The Morgan fingerprint density at radius 3 is 3.07 bits per heavy atom. The van der Waals surface area contributed by atoms with Crippen LogP contribution in [0.1, 0.15) is 10.5 Å². The first kappa shape index (κ1) is 8.49. The molecule has 0 saturated heterocycles. The van der Waals surface area contributed by atoms with Gasteiger partial charge in [0.15, 0.2) is 5.69 Å². The van der Waals surface area contributed by atoms with E-state index in [9.17, 15) is 4.79 Å². The molecule has 0 aliphatic carbocycles. The lowest BCUT2D eigenvalue weighted by molar-refractivity contribution is 0.0996. The third-order valence-electron chi connectivity index (χ3n) is 1.93. The molecule has 0 aliphatic rings. The summed E-state index contributed by atoms with van der Waals surface area (Å²) in [5.41, 5.74) is 8.99. The van der Waals surface area contributed by atoms with Crippen LogP contribution in [0.15, 0.2) is 18.5 Å². The molecular weight excluding hydrogens is 182 g/mol. The minimum atomic E-state index is -0.558. The smallest absolute Gasteiger partial charge is 0.269 e.